The van der Waals surface area contributed by atoms with Gasteiger partial charge in [0.25, 0.3) is 0 Å². The van der Waals surface area contributed by atoms with Gasteiger partial charge >= 0.3 is 0 Å². The van der Waals surface area contributed by atoms with Crippen molar-refractivity contribution in [2.24, 2.45) is 0 Å². The van der Waals surface area contributed by atoms with Crippen molar-refractivity contribution in [3.8, 4) is 0 Å². The van der Waals surface area contributed by atoms with Gasteiger partial charge in [-0.05, 0) is 31.2 Å². The number of amides is 2. The summed E-state index contributed by atoms with van der Waals surface area (Å²) in [6.07, 6.45) is 0.977. The van der Waals surface area contributed by atoms with E-state index in [1.807, 2.05) is 29.2 Å². The Kier molecular flexibility index (Phi) is 8.74. The number of halogens is 1. The minimum absolute atomic E-state index is 0. The summed E-state index contributed by atoms with van der Waals surface area (Å²) >= 11 is 0. The van der Waals surface area contributed by atoms with E-state index < -0.39 is 0 Å². The third kappa shape index (κ3) is 6.47. The Labute approximate surface area is 150 Å². The van der Waals surface area contributed by atoms with Crippen LogP contribution < -0.4 is 10.6 Å². The van der Waals surface area contributed by atoms with Crippen LogP contribution in [0, 0.1) is 0 Å². The van der Waals surface area contributed by atoms with E-state index in [0.717, 1.165) is 38.3 Å². The molecule has 0 spiro atoms. The first-order chi connectivity index (χ1) is 11.1. The molecule has 1 saturated heterocycles. The highest BCUT2D eigenvalue weighted by atomic mass is 35.5. The van der Waals surface area contributed by atoms with Crippen molar-refractivity contribution >= 4 is 29.9 Å². The Morgan fingerprint density at radius 1 is 1.17 bits per heavy atom. The molecule has 0 aromatic heterocycles. The van der Waals surface area contributed by atoms with Crippen molar-refractivity contribution in [1.82, 2.24) is 15.1 Å². The summed E-state index contributed by atoms with van der Waals surface area (Å²) < 4.78 is 0. The fraction of sp³-hybridized carbons (Fsp3) is 0.529. The minimum Gasteiger partial charge on any atom is -0.339 e. The van der Waals surface area contributed by atoms with Crippen molar-refractivity contribution in [1.29, 1.82) is 0 Å². The summed E-state index contributed by atoms with van der Waals surface area (Å²) in [4.78, 5) is 27.8. The van der Waals surface area contributed by atoms with Crippen LogP contribution >= 0.6 is 12.4 Å². The molecule has 7 heteroatoms. The van der Waals surface area contributed by atoms with E-state index >= 15 is 0 Å². The molecule has 0 saturated carbocycles. The molecule has 2 N–H and O–H groups in total. The van der Waals surface area contributed by atoms with Crippen LogP contribution in [0.3, 0.4) is 0 Å². The molecule has 2 amide bonds. The van der Waals surface area contributed by atoms with Gasteiger partial charge in [0.2, 0.25) is 11.8 Å². The summed E-state index contributed by atoms with van der Waals surface area (Å²) in [7, 11) is 1.79. The van der Waals surface area contributed by atoms with Crippen molar-refractivity contribution in [2.45, 2.75) is 13.3 Å². The average Bonchev–Trinajstić information content (AvgIpc) is 2.56. The minimum atomic E-state index is -0.107. The Morgan fingerprint density at radius 3 is 2.38 bits per heavy atom. The lowest BCUT2D eigenvalue weighted by molar-refractivity contribution is -0.133. The molecule has 0 aliphatic carbocycles. The van der Waals surface area contributed by atoms with Gasteiger partial charge in [-0.3, -0.25) is 14.5 Å². The lowest BCUT2D eigenvalue weighted by atomic mass is 10.1. The Balaban J connectivity index is 0.00000288. The molecule has 24 heavy (non-hydrogen) atoms. The van der Waals surface area contributed by atoms with E-state index in [9.17, 15) is 9.59 Å². The summed E-state index contributed by atoms with van der Waals surface area (Å²) in [6.45, 7) is 5.71. The first-order valence-electron chi connectivity index (χ1n) is 8.14. The number of aryl methyl sites for hydroxylation is 1. The zero-order valence-corrected chi connectivity index (χ0v) is 15.2. The second-order valence-electron chi connectivity index (χ2n) is 5.90. The Morgan fingerprint density at radius 2 is 1.79 bits per heavy atom. The SMILES string of the molecule is CCc1ccc(NC(=O)CN(C)CC(=O)N2CCNCC2)cc1.Cl. The molecule has 1 fully saturated rings. The topological polar surface area (TPSA) is 64.7 Å². The fourth-order valence-corrected chi connectivity index (χ4v) is 2.57. The molecule has 2 rings (SSSR count). The zero-order chi connectivity index (χ0) is 16.7. The van der Waals surface area contributed by atoms with E-state index in [1.54, 1.807) is 11.9 Å². The largest absolute Gasteiger partial charge is 0.339 e. The smallest absolute Gasteiger partial charge is 0.238 e. The quantitative estimate of drug-likeness (QED) is 0.799. The fourth-order valence-electron chi connectivity index (χ4n) is 2.57. The van der Waals surface area contributed by atoms with Crippen molar-refractivity contribution in [3.05, 3.63) is 29.8 Å². The predicted molar refractivity (Wildman–Crippen MR) is 98.6 cm³/mol. The normalized spacial score (nSPS) is 14.2. The first kappa shape index (κ1) is 20.4. The van der Waals surface area contributed by atoms with E-state index in [2.05, 4.69) is 17.6 Å². The van der Waals surface area contributed by atoms with Crippen LogP contribution in [-0.4, -0.2) is 67.9 Å². The van der Waals surface area contributed by atoms with Crippen molar-refractivity contribution in [3.63, 3.8) is 0 Å². The Hall–Kier alpha value is -1.63. The average molecular weight is 355 g/mol. The number of piperazine rings is 1. The van der Waals surface area contributed by atoms with Crippen LogP contribution in [0.1, 0.15) is 12.5 Å². The van der Waals surface area contributed by atoms with Crippen LogP contribution in [0.25, 0.3) is 0 Å². The van der Waals surface area contributed by atoms with Gasteiger partial charge in [-0.1, -0.05) is 19.1 Å². The summed E-state index contributed by atoms with van der Waals surface area (Å²) in [5.74, 6) is -0.0287. The molecule has 0 radical (unpaired) electrons. The van der Waals surface area contributed by atoms with Crippen LogP contribution in [0.4, 0.5) is 5.69 Å². The highest BCUT2D eigenvalue weighted by Crippen LogP contribution is 2.09. The number of carbonyl (C=O) groups excluding carboxylic acids is 2. The van der Waals surface area contributed by atoms with Crippen molar-refractivity contribution in [2.75, 3.05) is 51.6 Å². The number of hydrogen-bond acceptors (Lipinski definition) is 4. The molecule has 134 valence electrons. The number of hydrogen-bond donors (Lipinski definition) is 2. The third-order valence-corrected chi connectivity index (χ3v) is 3.93. The lowest BCUT2D eigenvalue weighted by Crippen LogP contribution is -2.49. The van der Waals surface area contributed by atoms with E-state index in [1.165, 1.54) is 5.56 Å². The van der Waals surface area contributed by atoms with Crippen LogP contribution in [-0.2, 0) is 16.0 Å². The molecule has 0 unspecified atom stereocenters. The number of nitrogens with one attached hydrogen (secondary N) is 2. The molecule has 1 aromatic carbocycles. The molecule has 1 aliphatic heterocycles. The Bertz CT molecular complexity index is 530. The van der Waals surface area contributed by atoms with Gasteiger partial charge < -0.3 is 15.5 Å². The first-order valence-corrected chi connectivity index (χ1v) is 8.14. The second-order valence-corrected chi connectivity index (χ2v) is 5.90. The molecule has 0 atom stereocenters. The summed E-state index contributed by atoms with van der Waals surface area (Å²) in [5.41, 5.74) is 2.02. The number of rotatable bonds is 6. The van der Waals surface area contributed by atoms with Crippen molar-refractivity contribution < 1.29 is 9.59 Å². The molecule has 1 aliphatic rings. The van der Waals surface area contributed by atoms with Crippen LogP contribution in [0.15, 0.2) is 24.3 Å². The molecule has 1 aromatic rings. The van der Waals surface area contributed by atoms with E-state index in [-0.39, 0.29) is 37.3 Å². The van der Waals surface area contributed by atoms with Gasteiger partial charge in [-0.25, -0.2) is 0 Å². The van der Waals surface area contributed by atoms with Gasteiger partial charge in [0, 0.05) is 31.9 Å². The number of likely N-dealkylation sites (N-methyl/N-ethyl adjacent to an activating group) is 1. The number of nitrogens with zero attached hydrogens (tertiary/aromatic N) is 2. The third-order valence-electron chi connectivity index (χ3n) is 3.93. The van der Waals surface area contributed by atoms with E-state index in [0.29, 0.717) is 0 Å². The second kappa shape index (κ2) is 10.3. The summed E-state index contributed by atoms with van der Waals surface area (Å²) in [6, 6.07) is 7.83. The van der Waals surface area contributed by atoms with Crippen LogP contribution in [0.2, 0.25) is 0 Å². The maximum absolute atomic E-state index is 12.1. The highest BCUT2D eigenvalue weighted by molar-refractivity contribution is 5.92. The molecule has 1 heterocycles. The van der Waals surface area contributed by atoms with Gasteiger partial charge in [0.1, 0.15) is 0 Å². The number of carbonyl (C=O) groups is 2. The molecule has 0 bridgehead atoms. The molecule has 6 nitrogen and oxygen atoms in total. The predicted octanol–water partition coefficient (Wildman–Crippen LogP) is 0.973. The standard InChI is InChI=1S/C17H26N4O2.ClH/c1-3-14-4-6-15(7-5-14)19-16(22)12-20(2)13-17(23)21-10-8-18-9-11-21;/h4-7,18H,3,8-13H2,1-2H3,(H,19,22);1H. The van der Waals surface area contributed by atoms with Gasteiger partial charge in [-0.2, -0.15) is 0 Å². The molecular formula is C17H27ClN4O2. The lowest BCUT2D eigenvalue weighted by Gasteiger charge is -2.29. The maximum Gasteiger partial charge on any atom is 0.238 e. The zero-order valence-electron chi connectivity index (χ0n) is 14.4. The monoisotopic (exact) mass is 354 g/mol. The maximum atomic E-state index is 12.1. The molecular weight excluding hydrogens is 328 g/mol. The number of benzene rings is 1. The van der Waals surface area contributed by atoms with E-state index in [4.69, 9.17) is 0 Å². The highest BCUT2D eigenvalue weighted by Gasteiger charge is 2.18. The number of anilines is 1. The van der Waals surface area contributed by atoms with Gasteiger partial charge in [-0.15, -0.1) is 12.4 Å². The van der Waals surface area contributed by atoms with Gasteiger partial charge in [0.05, 0.1) is 13.1 Å². The van der Waals surface area contributed by atoms with Crippen LogP contribution in [0.5, 0.6) is 0 Å². The summed E-state index contributed by atoms with van der Waals surface area (Å²) in [5, 5.41) is 6.08. The van der Waals surface area contributed by atoms with Gasteiger partial charge in [0.15, 0.2) is 0 Å².